The number of anilines is 3. The van der Waals surface area contributed by atoms with Crippen LogP contribution in [0.2, 0.25) is 0 Å². The summed E-state index contributed by atoms with van der Waals surface area (Å²) in [6.07, 6.45) is 11.8. The third-order valence-electron chi connectivity index (χ3n) is 7.03. The Balaban J connectivity index is 1.37. The number of carbonyl (C=O) groups excluding carboxylic acids is 1. The fourth-order valence-electron chi connectivity index (χ4n) is 4.86. The highest BCUT2D eigenvalue weighted by Gasteiger charge is 2.17. The number of pyridine rings is 2. The molecule has 0 saturated carbocycles. The molecule has 2 N–H and O–H groups in total. The predicted octanol–water partition coefficient (Wildman–Crippen LogP) is 4.69. The molecule has 200 valence electrons. The number of piperidine rings is 1. The summed E-state index contributed by atoms with van der Waals surface area (Å²) < 4.78 is 0. The third kappa shape index (κ3) is 6.45. The van der Waals surface area contributed by atoms with Crippen molar-refractivity contribution in [2.45, 2.75) is 24.9 Å². The molecule has 1 aromatic carbocycles. The molecule has 1 aliphatic heterocycles. The van der Waals surface area contributed by atoms with Gasteiger partial charge in [-0.1, -0.05) is 6.08 Å². The molecule has 9 heteroatoms. The number of fused-ring (bicyclic) bond motifs is 1. The van der Waals surface area contributed by atoms with Crippen molar-refractivity contribution >= 4 is 34.5 Å². The standard InChI is InChI=1S/C30H34N8O/c1-37(2)27(5-4-18-39)21-10-14-31-26(19-21)29-28-22(11-15-32-29)20-33-30(36-28)35-24-8-6-23(7-9-24)34-25-12-16-38(3)17-13-25/h4-11,14-15,18-20,25,27,34H,12-13,16-17H2,1-3H3,(H,33,35,36)/b5-4+. The van der Waals surface area contributed by atoms with Crippen LogP contribution in [0.25, 0.3) is 22.3 Å². The molecule has 39 heavy (non-hydrogen) atoms. The van der Waals surface area contributed by atoms with Crippen LogP contribution in [0.3, 0.4) is 0 Å². The lowest BCUT2D eigenvalue weighted by atomic mass is 10.0. The lowest BCUT2D eigenvalue weighted by molar-refractivity contribution is -0.104. The molecule has 4 heterocycles. The Labute approximate surface area is 229 Å². The van der Waals surface area contributed by atoms with E-state index >= 15 is 0 Å². The second-order valence-electron chi connectivity index (χ2n) is 10.1. The van der Waals surface area contributed by atoms with Crippen LogP contribution < -0.4 is 10.6 Å². The maximum Gasteiger partial charge on any atom is 0.227 e. The predicted molar refractivity (Wildman–Crippen MR) is 156 cm³/mol. The maximum absolute atomic E-state index is 10.9. The first-order valence-electron chi connectivity index (χ1n) is 13.2. The number of rotatable bonds is 9. The number of carbonyl (C=O) groups is 1. The van der Waals surface area contributed by atoms with Gasteiger partial charge in [-0.3, -0.25) is 19.7 Å². The molecule has 1 saturated heterocycles. The van der Waals surface area contributed by atoms with Crippen LogP contribution in [0.1, 0.15) is 24.4 Å². The smallest absolute Gasteiger partial charge is 0.227 e. The van der Waals surface area contributed by atoms with Gasteiger partial charge in [0.1, 0.15) is 17.5 Å². The summed E-state index contributed by atoms with van der Waals surface area (Å²) in [4.78, 5) is 33.9. The Morgan fingerprint density at radius 2 is 1.74 bits per heavy atom. The molecule has 3 aromatic heterocycles. The van der Waals surface area contributed by atoms with Gasteiger partial charge < -0.3 is 15.5 Å². The monoisotopic (exact) mass is 522 g/mol. The van der Waals surface area contributed by atoms with Gasteiger partial charge in [-0.25, -0.2) is 9.97 Å². The van der Waals surface area contributed by atoms with Crippen molar-refractivity contribution in [2.24, 2.45) is 0 Å². The number of aldehydes is 1. The van der Waals surface area contributed by atoms with Crippen molar-refractivity contribution in [3.05, 3.63) is 78.8 Å². The fourth-order valence-corrected chi connectivity index (χ4v) is 4.86. The first-order chi connectivity index (χ1) is 19.0. The third-order valence-corrected chi connectivity index (χ3v) is 7.03. The molecule has 5 rings (SSSR count). The van der Waals surface area contributed by atoms with E-state index in [-0.39, 0.29) is 6.04 Å². The summed E-state index contributed by atoms with van der Waals surface area (Å²) in [5.41, 5.74) is 5.12. The first kappa shape index (κ1) is 26.4. The molecule has 0 amide bonds. The molecular weight excluding hydrogens is 488 g/mol. The molecule has 1 fully saturated rings. The Morgan fingerprint density at radius 1 is 1.00 bits per heavy atom. The Hall–Kier alpha value is -4.21. The minimum absolute atomic E-state index is 0.0734. The van der Waals surface area contributed by atoms with Crippen molar-refractivity contribution in [1.82, 2.24) is 29.7 Å². The molecule has 0 aliphatic carbocycles. The summed E-state index contributed by atoms with van der Waals surface area (Å²) in [5, 5.41) is 7.85. The van der Waals surface area contributed by atoms with E-state index in [4.69, 9.17) is 4.98 Å². The van der Waals surface area contributed by atoms with E-state index in [1.807, 2.05) is 55.4 Å². The number of hydrogen-bond acceptors (Lipinski definition) is 9. The number of allylic oxidation sites excluding steroid dienone is 1. The molecule has 0 spiro atoms. The molecule has 1 unspecified atom stereocenters. The van der Waals surface area contributed by atoms with Crippen molar-refractivity contribution in [3.63, 3.8) is 0 Å². The van der Waals surface area contributed by atoms with Crippen molar-refractivity contribution in [3.8, 4) is 11.4 Å². The number of likely N-dealkylation sites (N-methyl/N-ethyl adjacent to an activating group) is 1. The number of hydrogen-bond donors (Lipinski definition) is 2. The summed E-state index contributed by atoms with van der Waals surface area (Å²) in [6.45, 7) is 2.25. The number of likely N-dealkylation sites (tertiary alicyclic amines) is 1. The van der Waals surface area contributed by atoms with Gasteiger partial charge in [0.2, 0.25) is 5.95 Å². The highest BCUT2D eigenvalue weighted by atomic mass is 16.1. The first-order valence-corrected chi connectivity index (χ1v) is 13.2. The Bertz CT molecular complexity index is 1450. The highest BCUT2D eigenvalue weighted by molar-refractivity contribution is 5.90. The Morgan fingerprint density at radius 3 is 2.49 bits per heavy atom. The molecule has 0 bridgehead atoms. The fraction of sp³-hybridized carbons (Fsp3) is 0.300. The molecule has 9 nitrogen and oxygen atoms in total. The second kappa shape index (κ2) is 12.1. The van der Waals surface area contributed by atoms with Crippen LogP contribution >= 0.6 is 0 Å². The van der Waals surface area contributed by atoms with Gasteiger partial charge in [-0.2, -0.15) is 0 Å². The number of nitrogens with zero attached hydrogens (tertiary/aromatic N) is 6. The van der Waals surface area contributed by atoms with Crippen molar-refractivity contribution in [1.29, 1.82) is 0 Å². The average molecular weight is 523 g/mol. The number of benzene rings is 1. The lowest BCUT2D eigenvalue weighted by Crippen LogP contribution is -2.36. The van der Waals surface area contributed by atoms with Crippen LogP contribution in [-0.2, 0) is 4.79 Å². The van der Waals surface area contributed by atoms with E-state index in [2.05, 4.69) is 49.7 Å². The quantitative estimate of drug-likeness (QED) is 0.239. The van der Waals surface area contributed by atoms with Crippen LogP contribution in [0.15, 0.2) is 73.2 Å². The van der Waals surface area contributed by atoms with Crippen LogP contribution in [-0.4, -0.2) is 76.3 Å². The molecule has 1 aliphatic rings. The minimum atomic E-state index is -0.0734. The zero-order valence-corrected chi connectivity index (χ0v) is 22.6. The molecular formula is C30H34N8O. The van der Waals surface area contributed by atoms with Crippen molar-refractivity contribution in [2.75, 3.05) is 44.9 Å². The summed E-state index contributed by atoms with van der Waals surface area (Å²) in [5.74, 6) is 0.490. The second-order valence-corrected chi connectivity index (χ2v) is 10.1. The van der Waals surface area contributed by atoms with Gasteiger partial charge in [-0.05, 0) is 101 Å². The van der Waals surface area contributed by atoms with E-state index in [1.54, 1.807) is 18.6 Å². The number of aromatic nitrogens is 4. The Kier molecular flexibility index (Phi) is 8.19. The van der Waals surface area contributed by atoms with Gasteiger partial charge in [0.15, 0.2) is 0 Å². The zero-order valence-electron chi connectivity index (χ0n) is 22.6. The molecule has 0 radical (unpaired) electrons. The topological polar surface area (TPSA) is 99.2 Å². The highest BCUT2D eigenvalue weighted by Crippen LogP contribution is 2.28. The summed E-state index contributed by atoms with van der Waals surface area (Å²) in [6, 6.07) is 14.5. The summed E-state index contributed by atoms with van der Waals surface area (Å²) in [7, 11) is 6.12. The van der Waals surface area contributed by atoms with Gasteiger partial charge in [0.25, 0.3) is 0 Å². The normalized spacial score (nSPS) is 15.6. The SMILES string of the molecule is CN1CCC(Nc2ccc(Nc3ncc4ccnc(-c5cc(C(/C=C/C=O)N(C)C)ccn5)c4n3)cc2)CC1. The average Bonchev–Trinajstić information content (AvgIpc) is 2.95. The maximum atomic E-state index is 10.9. The summed E-state index contributed by atoms with van der Waals surface area (Å²) >= 11 is 0. The largest absolute Gasteiger partial charge is 0.382 e. The van der Waals surface area contributed by atoms with E-state index in [1.165, 1.54) is 6.08 Å². The van der Waals surface area contributed by atoms with E-state index in [0.717, 1.165) is 54.5 Å². The van der Waals surface area contributed by atoms with E-state index in [9.17, 15) is 4.79 Å². The van der Waals surface area contributed by atoms with E-state index in [0.29, 0.717) is 28.9 Å². The van der Waals surface area contributed by atoms with Crippen LogP contribution in [0.5, 0.6) is 0 Å². The van der Waals surface area contributed by atoms with Gasteiger partial charge >= 0.3 is 0 Å². The van der Waals surface area contributed by atoms with Crippen LogP contribution in [0, 0.1) is 0 Å². The minimum Gasteiger partial charge on any atom is -0.382 e. The lowest BCUT2D eigenvalue weighted by Gasteiger charge is -2.30. The van der Waals surface area contributed by atoms with Gasteiger partial charge in [-0.15, -0.1) is 0 Å². The van der Waals surface area contributed by atoms with Gasteiger partial charge in [0, 0.05) is 41.4 Å². The van der Waals surface area contributed by atoms with E-state index < -0.39 is 0 Å². The molecule has 4 aromatic rings. The van der Waals surface area contributed by atoms with Crippen LogP contribution in [0.4, 0.5) is 17.3 Å². The molecule has 1 atom stereocenters. The zero-order chi connectivity index (χ0) is 27.2. The van der Waals surface area contributed by atoms with Gasteiger partial charge in [0.05, 0.1) is 11.7 Å². The van der Waals surface area contributed by atoms with Crippen molar-refractivity contribution < 1.29 is 4.79 Å². The number of nitrogens with one attached hydrogen (secondary N) is 2.